The molecule has 0 aliphatic carbocycles. The van der Waals surface area contributed by atoms with Gasteiger partial charge in [-0.1, -0.05) is 13.8 Å². The molecule has 0 aromatic heterocycles. The van der Waals surface area contributed by atoms with Crippen molar-refractivity contribution in [3.8, 4) is 0 Å². The summed E-state index contributed by atoms with van der Waals surface area (Å²) >= 11 is 0. The van der Waals surface area contributed by atoms with E-state index in [4.69, 9.17) is 9.45 Å². The van der Waals surface area contributed by atoms with E-state index in [2.05, 4.69) is 10.6 Å². The van der Waals surface area contributed by atoms with Crippen molar-refractivity contribution in [1.82, 2.24) is 10.6 Å². The standard InChI is InChI=1S/C9H17NO7S2.C7H14NO4P/c1-7(6-11)5-10-9(12)8(19(15,16)17)3-4-18(2,13)14;1-6(4-9)3-8-7(10)5-13(2,11)12/h6-8H,3-5H2,1-2H3,(H,10,12)(H,15,16,17);4,6H,3,5H2,1-2H3,(H,8,10)(H,11,12). The number of aldehydes is 2. The number of carbonyl (C=O) groups excluding carboxylic acids is 4. The molecule has 0 aliphatic heterocycles. The van der Waals surface area contributed by atoms with Crippen molar-refractivity contribution in [3.05, 3.63) is 0 Å². The fraction of sp³-hybridized carbons (Fsp3) is 0.750. The van der Waals surface area contributed by atoms with Crippen LogP contribution in [0.1, 0.15) is 20.3 Å². The zero-order valence-electron chi connectivity index (χ0n) is 18.3. The molecule has 4 atom stereocenters. The summed E-state index contributed by atoms with van der Waals surface area (Å²) in [5, 5.41) is 2.70. The second-order valence-electron chi connectivity index (χ2n) is 7.41. The largest absolute Gasteiger partial charge is 0.355 e. The maximum absolute atomic E-state index is 11.6. The fourth-order valence-corrected chi connectivity index (χ4v) is 4.03. The van der Waals surface area contributed by atoms with Gasteiger partial charge in [0.15, 0.2) is 5.25 Å². The van der Waals surface area contributed by atoms with Gasteiger partial charge in [0.2, 0.25) is 19.2 Å². The van der Waals surface area contributed by atoms with Crippen LogP contribution in [0.25, 0.3) is 0 Å². The Morgan fingerprint density at radius 3 is 1.78 bits per heavy atom. The second kappa shape index (κ2) is 14.5. The van der Waals surface area contributed by atoms with Gasteiger partial charge < -0.3 is 25.1 Å². The van der Waals surface area contributed by atoms with Crippen LogP contribution in [-0.4, -0.2) is 93.8 Å². The number of rotatable bonds is 13. The SMILES string of the molecule is CC(C=O)CNC(=O)C(CCS(C)(=O)=O)S(=O)(=O)O.CC(C=O)CNC(=O)CP(C)(=O)O. The molecular weight excluding hydrogens is 491 g/mol. The molecule has 16 heteroatoms. The summed E-state index contributed by atoms with van der Waals surface area (Å²) in [5.74, 6) is -2.85. The van der Waals surface area contributed by atoms with E-state index in [0.29, 0.717) is 12.6 Å². The normalized spacial score (nSPS) is 16.2. The fourth-order valence-electron chi connectivity index (χ4n) is 1.81. The van der Waals surface area contributed by atoms with Crippen LogP contribution in [-0.2, 0) is 43.7 Å². The summed E-state index contributed by atoms with van der Waals surface area (Å²) in [4.78, 5) is 51.8. The Bertz CT molecular complexity index is 897. The highest BCUT2D eigenvalue weighted by Crippen LogP contribution is 2.33. The minimum Gasteiger partial charge on any atom is -0.355 e. The highest BCUT2D eigenvalue weighted by Gasteiger charge is 2.31. The third kappa shape index (κ3) is 19.0. The van der Waals surface area contributed by atoms with E-state index < -0.39 is 68.6 Å². The number of hydrogen-bond acceptors (Lipinski definition) is 9. The molecule has 0 spiro atoms. The zero-order chi connectivity index (χ0) is 25.8. The van der Waals surface area contributed by atoms with Gasteiger partial charge in [-0.05, 0) is 6.42 Å². The molecular formula is C16H31N2O11PS2. The summed E-state index contributed by atoms with van der Waals surface area (Å²) in [6.07, 6.45) is 1.24. The molecule has 188 valence electrons. The molecule has 32 heavy (non-hydrogen) atoms. The molecule has 0 aromatic rings. The van der Waals surface area contributed by atoms with Crippen LogP contribution in [0, 0.1) is 11.8 Å². The van der Waals surface area contributed by atoms with Crippen molar-refractivity contribution in [3.63, 3.8) is 0 Å². The molecule has 2 amide bonds. The van der Waals surface area contributed by atoms with Gasteiger partial charge in [0.05, 0.1) is 5.75 Å². The Balaban J connectivity index is 0. The van der Waals surface area contributed by atoms with Crippen molar-refractivity contribution in [2.24, 2.45) is 11.8 Å². The van der Waals surface area contributed by atoms with Crippen LogP contribution in [0.3, 0.4) is 0 Å². The average Bonchev–Trinajstić information content (AvgIpc) is 2.61. The molecule has 0 radical (unpaired) electrons. The van der Waals surface area contributed by atoms with Crippen molar-refractivity contribution < 1.29 is 50.0 Å². The van der Waals surface area contributed by atoms with Crippen molar-refractivity contribution in [1.29, 1.82) is 0 Å². The van der Waals surface area contributed by atoms with Crippen molar-refractivity contribution in [2.75, 3.05) is 37.9 Å². The van der Waals surface area contributed by atoms with Gasteiger partial charge in [-0.15, -0.1) is 0 Å². The van der Waals surface area contributed by atoms with E-state index in [1.54, 1.807) is 6.92 Å². The first-order chi connectivity index (χ1) is 14.3. The van der Waals surface area contributed by atoms with Crippen LogP contribution in [0.15, 0.2) is 0 Å². The van der Waals surface area contributed by atoms with E-state index in [0.717, 1.165) is 12.9 Å². The van der Waals surface area contributed by atoms with Crippen LogP contribution in [0.5, 0.6) is 0 Å². The Labute approximate surface area is 187 Å². The Hall–Kier alpha value is -1.67. The lowest BCUT2D eigenvalue weighted by Gasteiger charge is -2.14. The van der Waals surface area contributed by atoms with Gasteiger partial charge in [0.25, 0.3) is 10.1 Å². The summed E-state index contributed by atoms with van der Waals surface area (Å²) in [6, 6.07) is 0. The van der Waals surface area contributed by atoms with Crippen LogP contribution < -0.4 is 10.6 Å². The zero-order valence-corrected chi connectivity index (χ0v) is 20.8. The number of nitrogens with one attached hydrogen (secondary N) is 2. The van der Waals surface area contributed by atoms with Crippen LogP contribution >= 0.6 is 7.37 Å². The molecule has 0 saturated heterocycles. The van der Waals surface area contributed by atoms with Crippen LogP contribution in [0.4, 0.5) is 0 Å². The lowest BCUT2D eigenvalue weighted by molar-refractivity contribution is -0.121. The van der Waals surface area contributed by atoms with Crippen molar-refractivity contribution in [2.45, 2.75) is 25.5 Å². The maximum Gasteiger partial charge on any atom is 0.276 e. The van der Waals surface area contributed by atoms with E-state index >= 15 is 0 Å². The van der Waals surface area contributed by atoms with Gasteiger partial charge in [-0.3, -0.25) is 18.7 Å². The molecule has 4 N–H and O–H groups in total. The van der Waals surface area contributed by atoms with E-state index in [9.17, 15) is 40.6 Å². The van der Waals surface area contributed by atoms with E-state index in [1.807, 2.05) is 0 Å². The molecule has 13 nitrogen and oxygen atoms in total. The molecule has 0 saturated carbocycles. The van der Waals surface area contributed by atoms with Crippen molar-refractivity contribution >= 4 is 51.7 Å². The van der Waals surface area contributed by atoms with E-state index in [-0.39, 0.29) is 19.0 Å². The predicted octanol–water partition coefficient (Wildman–Crippen LogP) is -1.53. The number of carbonyl (C=O) groups is 4. The minimum absolute atomic E-state index is 0.0901. The van der Waals surface area contributed by atoms with Crippen LogP contribution in [0.2, 0.25) is 0 Å². The summed E-state index contributed by atoms with van der Waals surface area (Å²) in [7, 11) is -11.5. The van der Waals surface area contributed by atoms with Gasteiger partial charge >= 0.3 is 0 Å². The summed E-state index contributed by atoms with van der Waals surface area (Å²) in [6.45, 7) is 4.40. The highest BCUT2D eigenvalue weighted by atomic mass is 32.2. The second-order valence-corrected chi connectivity index (χ2v) is 13.7. The minimum atomic E-state index is -4.71. The molecule has 4 unspecified atom stereocenters. The Morgan fingerprint density at radius 1 is 1.00 bits per heavy atom. The predicted molar refractivity (Wildman–Crippen MR) is 117 cm³/mol. The third-order valence-corrected chi connectivity index (χ3v) is 6.54. The number of sulfone groups is 1. The summed E-state index contributed by atoms with van der Waals surface area (Å²) in [5.41, 5.74) is 0. The van der Waals surface area contributed by atoms with Gasteiger partial charge in [0.1, 0.15) is 28.6 Å². The molecule has 0 aromatic carbocycles. The highest BCUT2D eigenvalue weighted by molar-refractivity contribution is 7.90. The third-order valence-electron chi connectivity index (χ3n) is 3.52. The molecule has 0 fully saturated rings. The monoisotopic (exact) mass is 522 g/mol. The lowest BCUT2D eigenvalue weighted by atomic mass is 10.2. The lowest BCUT2D eigenvalue weighted by Crippen LogP contribution is -2.42. The maximum atomic E-state index is 11.6. The Kier molecular flexibility index (Phi) is 14.7. The van der Waals surface area contributed by atoms with E-state index in [1.165, 1.54) is 6.92 Å². The summed E-state index contributed by atoms with van der Waals surface area (Å²) < 4.78 is 63.6. The number of amides is 2. The molecule has 0 rings (SSSR count). The smallest absolute Gasteiger partial charge is 0.276 e. The van der Waals surface area contributed by atoms with Gasteiger partial charge in [0, 0.05) is 37.8 Å². The Morgan fingerprint density at radius 2 is 1.44 bits per heavy atom. The first-order valence-corrected chi connectivity index (χ1v) is 15.1. The average molecular weight is 523 g/mol. The van der Waals surface area contributed by atoms with Gasteiger partial charge in [-0.2, -0.15) is 8.42 Å². The topological polar surface area (TPSA) is 218 Å². The number of hydrogen-bond donors (Lipinski definition) is 4. The molecule has 0 aliphatic rings. The van der Waals surface area contributed by atoms with Gasteiger partial charge in [-0.25, -0.2) is 8.42 Å². The first-order valence-electron chi connectivity index (χ1n) is 9.20. The first kappa shape index (κ1) is 32.5. The molecule has 0 heterocycles. The molecule has 0 bridgehead atoms. The quantitative estimate of drug-likeness (QED) is 0.123.